The molecule has 3 aromatic carbocycles. The van der Waals surface area contributed by atoms with Crippen molar-refractivity contribution in [1.29, 1.82) is 0 Å². The Labute approximate surface area is 180 Å². The van der Waals surface area contributed by atoms with Gasteiger partial charge >= 0.3 is 0 Å². The van der Waals surface area contributed by atoms with Crippen molar-refractivity contribution in [2.45, 2.75) is 9.74 Å². The molecule has 0 N–H and O–H groups in total. The van der Waals surface area contributed by atoms with Gasteiger partial charge in [-0.1, -0.05) is 87.7 Å². The highest BCUT2D eigenvalue weighted by atomic mass is 79.9. The lowest BCUT2D eigenvalue weighted by molar-refractivity contribution is 0.0893. The third-order valence-electron chi connectivity index (χ3n) is 5.95. The number of carbonyl (C=O) groups is 2. The van der Waals surface area contributed by atoms with E-state index in [9.17, 15) is 9.59 Å². The van der Waals surface area contributed by atoms with Gasteiger partial charge in [-0.15, -0.1) is 0 Å². The summed E-state index contributed by atoms with van der Waals surface area (Å²) in [5, 5.41) is 1.20. The van der Waals surface area contributed by atoms with Crippen molar-refractivity contribution in [3.63, 3.8) is 0 Å². The molecular weight excluding hydrogens is 459 g/mol. The van der Waals surface area contributed by atoms with Gasteiger partial charge in [0.1, 0.15) is 4.32 Å². The molecule has 5 rings (SSSR count). The second-order valence-electron chi connectivity index (χ2n) is 7.21. The van der Waals surface area contributed by atoms with Gasteiger partial charge in [0.05, 0.1) is 11.3 Å². The van der Waals surface area contributed by atoms with Gasteiger partial charge in [0.2, 0.25) is 0 Å². The van der Waals surface area contributed by atoms with Gasteiger partial charge in [-0.2, -0.15) is 0 Å². The molecule has 2 atom stereocenters. The van der Waals surface area contributed by atoms with Crippen molar-refractivity contribution < 1.29 is 9.59 Å². The third kappa shape index (κ3) is 2.10. The van der Waals surface area contributed by atoms with Crippen molar-refractivity contribution in [2.75, 3.05) is 0 Å². The highest BCUT2D eigenvalue weighted by Gasteiger charge is 2.84. The Balaban J connectivity index is 1.81. The minimum atomic E-state index is -1.03. The highest BCUT2D eigenvalue weighted by molar-refractivity contribution is 9.10. The molecule has 0 saturated heterocycles. The van der Waals surface area contributed by atoms with E-state index in [0.29, 0.717) is 21.2 Å². The Kier molecular flexibility index (Phi) is 3.90. The summed E-state index contributed by atoms with van der Waals surface area (Å²) in [5.74, 6) is -0.640. The van der Waals surface area contributed by atoms with Crippen molar-refractivity contribution in [2.24, 2.45) is 5.92 Å². The van der Waals surface area contributed by atoms with Gasteiger partial charge in [0, 0.05) is 21.2 Å². The zero-order valence-corrected chi connectivity index (χ0v) is 17.6. The van der Waals surface area contributed by atoms with Crippen LogP contribution in [0.3, 0.4) is 0 Å². The molecule has 28 heavy (non-hydrogen) atoms. The van der Waals surface area contributed by atoms with Gasteiger partial charge < -0.3 is 0 Å². The molecule has 0 unspecified atom stereocenters. The maximum Gasteiger partial charge on any atom is 0.182 e. The van der Waals surface area contributed by atoms with Crippen LogP contribution in [0.4, 0.5) is 0 Å². The highest BCUT2D eigenvalue weighted by Crippen LogP contribution is 2.74. The summed E-state index contributed by atoms with van der Waals surface area (Å²) >= 11 is 15.9. The van der Waals surface area contributed by atoms with E-state index in [0.717, 1.165) is 11.1 Å². The summed E-state index contributed by atoms with van der Waals surface area (Å²) in [6.45, 7) is 0. The molecule has 2 aliphatic rings. The van der Waals surface area contributed by atoms with Gasteiger partial charge in [0.25, 0.3) is 0 Å². The van der Waals surface area contributed by atoms with E-state index in [1.54, 1.807) is 48.5 Å². The van der Waals surface area contributed by atoms with Crippen LogP contribution in [-0.2, 0) is 5.41 Å². The quantitative estimate of drug-likeness (QED) is 0.421. The number of rotatable bonds is 2. The number of fused-ring (bicyclic) bond motifs is 2. The van der Waals surface area contributed by atoms with E-state index in [1.807, 2.05) is 24.3 Å². The summed E-state index contributed by atoms with van der Waals surface area (Å²) in [6, 6.07) is 21.8. The second kappa shape index (κ2) is 6.03. The van der Waals surface area contributed by atoms with E-state index >= 15 is 0 Å². The summed E-state index contributed by atoms with van der Waals surface area (Å²) in [5.41, 5.74) is 1.86. The smallest absolute Gasteiger partial charge is 0.182 e. The van der Waals surface area contributed by atoms with Crippen LogP contribution in [0.1, 0.15) is 31.8 Å². The fraction of sp³-hybridized carbons (Fsp3) is 0.130. The standard InChI is InChI=1S/C23H13BrCl2O2/c24-23-20(19(27)17-3-1-2-4-18(17)21(23)28)22(23,13-5-9-15(25)10-6-13)14-7-11-16(26)12-8-14/h1-12,20H/t20-,23-/m0/s1. The Morgan fingerprint density at radius 2 is 1.18 bits per heavy atom. The SMILES string of the molecule is O=C1c2ccccc2C(=O)[C@@]2(Br)[C@@H]1C2(c1ccc(Cl)cc1)c1ccc(Cl)cc1. The number of ketones is 2. The van der Waals surface area contributed by atoms with E-state index in [2.05, 4.69) is 15.9 Å². The lowest BCUT2D eigenvalue weighted by Crippen LogP contribution is -2.31. The molecule has 1 saturated carbocycles. The molecule has 5 heteroatoms. The Hall–Kier alpha value is -1.94. The summed E-state index contributed by atoms with van der Waals surface area (Å²) in [7, 11) is 0. The van der Waals surface area contributed by atoms with Crippen LogP contribution < -0.4 is 0 Å². The lowest BCUT2D eigenvalue weighted by atomic mass is 9.83. The van der Waals surface area contributed by atoms with E-state index < -0.39 is 15.7 Å². The monoisotopic (exact) mass is 470 g/mol. The van der Waals surface area contributed by atoms with Crippen LogP contribution in [0, 0.1) is 5.92 Å². The number of Topliss-reactive ketones (excluding diaryl/α,β-unsaturated/α-hetero) is 2. The van der Waals surface area contributed by atoms with Crippen molar-refractivity contribution in [3.8, 4) is 0 Å². The summed E-state index contributed by atoms with van der Waals surface area (Å²) in [4.78, 5) is 27.0. The first kappa shape index (κ1) is 18.1. The van der Waals surface area contributed by atoms with Crippen LogP contribution in [0.5, 0.6) is 0 Å². The molecule has 0 aromatic heterocycles. The van der Waals surface area contributed by atoms with Crippen LogP contribution in [0.2, 0.25) is 10.0 Å². The molecule has 0 spiro atoms. The zero-order chi connectivity index (χ0) is 19.7. The molecule has 2 nitrogen and oxygen atoms in total. The maximum absolute atomic E-state index is 13.6. The van der Waals surface area contributed by atoms with Crippen molar-refractivity contribution >= 4 is 50.7 Å². The first-order valence-electron chi connectivity index (χ1n) is 8.81. The molecule has 0 radical (unpaired) electrons. The fourth-order valence-electron chi connectivity index (χ4n) is 4.72. The summed E-state index contributed by atoms with van der Waals surface area (Å²) in [6.07, 6.45) is 0. The number of alkyl halides is 1. The van der Waals surface area contributed by atoms with Crippen molar-refractivity contribution in [1.82, 2.24) is 0 Å². The largest absolute Gasteiger partial charge is 0.294 e. The molecule has 0 amide bonds. The first-order chi connectivity index (χ1) is 13.4. The fourth-order valence-corrected chi connectivity index (χ4v) is 6.31. The zero-order valence-electron chi connectivity index (χ0n) is 14.5. The minimum absolute atomic E-state index is 0.0306. The van der Waals surface area contributed by atoms with Crippen molar-refractivity contribution in [3.05, 3.63) is 105 Å². The van der Waals surface area contributed by atoms with Gasteiger partial charge in [-0.05, 0) is 35.4 Å². The van der Waals surface area contributed by atoms with Crippen LogP contribution in [0.25, 0.3) is 0 Å². The first-order valence-corrected chi connectivity index (χ1v) is 10.4. The number of hydrogen-bond acceptors (Lipinski definition) is 2. The Morgan fingerprint density at radius 1 is 0.714 bits per heavy atom. The molecule has 0 heterocycles. The van der Waals surface area contributed by atoms with Gasteiger partial charge in [-0.25, -0.2) is 0 Å². The Morgan fingerprint density at radius 3 is 1.68 bits per heavy atom. The summed E-state index contributed by atoms with van der Waals surface area (Å²) < 4.78 is -1.03. The van der Waals surface area contributed by atoms with Gasteiger partial charge in [-0.3, -0.25) is 9.59 Å². The molecular formula is C23H13BrCl2O2. The van der Waals surface area contributed by atoms with Gasteiger partial charge in [0.15, 0.2) is 11.6 Å². The maximum atomic E-state index is 13.6. The van der Waals surface area contributed by atoms with E-state index in [1.165, 1.54) is 0 Å². The molecule has 0 bridgehead atoms. The number of benzene rings is 3. The topological polar surface area (TPSA) is 34.1 Å². The van der Waals surface area contributed by atoms with Crippen LogP contribution in [0.15, 0.2) is 72.8 Å². The predicted molar refractivity (Wildman–Crippen MR) is 114 cm³/mol. The second-order valence-corrected chi connectivity index (χ2v) is 9.33. The van der Waals surface area contributed by atoms with E-state index in [4.69, 9.17) is 23.2 Å². The van der Waals surface area contributed by atoms with Crippen LogP contribution in [-0.4, -0.2) is 15.9 Å². The van der Waals surface area contributed by atoms with Crippen LogP contribution >= 0.6 is 39.1 Å². The average Bonchev–Trinajstić information content (AvgIpc) is 3.30. The molecule has 3 aromatic rings. The lowest BCUT2D eigenvalue weighted by Gasteiger charge is -2.22. The molecule has 1 fully saturated rings. The molecule has 2 aliphatic carbocycles. The third-order valence-corrected chi connectivity index (χ3v) is 7.90. The number of hydrogen-bond donors (Lipinski definition) is 0. The normalized spacial score (nSPS) is 24.5. The number of carbonyl (C=O) groups excluding carboxylic acids is 2. The van der Waals surface area contributed by atoms with E-state index in [-0.39, 0.29) is 11.6 Å². The Bertz CT molecular complexity index is 1090. The molecule has 0 aliphatic heterocycles. The minimum Gasteiger partial charge on any atom is -0.294 e. The molecule has 138 valence electrons. The number of halogens is 3. The predicted octanol–water partition coefficient (Wildman–Crippen LogP) is 6.12. The average molecular weight is 472 g/mol.